The van der Waals surface area contributed by atoms with E-state index in [9.17, 15) is 4.39 Å². The van der Waals surface area contributed by atoms with Crippen LogP contribution in [0.3, 0.4) is 0 Å². The molecule has 0 aliphatic heterocycles. The van der Waals surface area contributed by atoms with Gasteiger partial charge in [0.05, 0.1) is 13.2 Å². The molecule has 0 amide bonds. The summed E-state index contributed by atoms with van der Waals surface area (Å²) in [5.74, 6) is 1.04. The third kappa shape index (κ3) is 7.55. The average molecular weight is 472 g/mol. The van der Waals surface area contributed by atoms with E-state index in [1.54, 1.807) is 18.3 Å². The molecule has 0 saturated heterocycles. The molecule has 0 atom stereocenters. The highest BCUT2D eigenvalue weighted by molar-refractivity contribution is 14.0. The molecule has 2 rings (SSSR count). The second-order valence-corrected chi connectivity index (χ2v) is 5.49. The van der Waals surface area contributed by atoms with Crippen LogP contribution in [0.4, 0.5) is 4.39 Å². The standard InChI is InChI=1S/C19H25FN4O.HI/c1-3-11-25-18-10-9-15(12-22-18)13-23-19(21-4-2)24-14-16-7-5-6-8-17(16)20;/h5-10,12H,3-4,11,13-14H2,1-2H3,(H2,21,23,24);1H. The fourth-order valence-corrected chi connectivity index (χ4v) is 2.13. The minimum atomic E-state index is -0.224. The van der Waals surface area contributed by atoms with Crippen molar-refractivity contribution < 1.29 is 9.13 Å². The Kier molecular flexibility index (Phi) is 10.6. The largest absolute Gasteiger partial charge is 0.478 e. The van der Waals surface area contributed by atoms with Crippen molar-refractivity contribution in [1.82, 2.24) is 15.6 Å². The normalized spacial score (nSPS) is 10.8. The van der Waals surface area contributed by atoms with E-state index in [-0.39, 0.29) is 29.8 Å². The van der Waals surface area contributed by atoms with E-state index >= 15 is 0 Å². The number of benzene rings is 1. The highest BCUT2D eigenvalue weighted by Gasteiger charge is 2.03. The molecular weight excluding hydrogens is 446 g/mol. The van der Waals surface area contributed by atoms with E-state index in [2.05, 4.69) is 27.5 Å². The second kappa shape index (κ2) is 12.5. The number of ether oxygens (including phenoxy) is 1. The average Bonchev–Trinajstić information content (AvgIpc) is 2.64. The van der Waals surface area contributed by atoms with Gasteiger partial charge in [0.2, 0.25) is 5.88 Å². The van der Waals surface area contributed by atoms with Crippen LogP contribution in [0.25, 0.3) is 0 Å². The van der Waals surface area contributed by atoms with Crippen molar-refractivity contribution >= 4 is 29.9 Å². The summed E-state index contributed by atoms with van der Waals surface area (Å²) in [5, 5.41) is 6.29. The van der Waals surface area contributed by atoms with Crippen molar-refractivity contribution in [3.63, 3.8) is 0 Å². The second-order valence-electron chi connectivity index (χ2n) is 5.49. The van der Waals surface area contributed by atoms with Gasteiger partial charge in [-0.2, -0.15) is 0 Å². The molecule has 0 radical (unpaired) electrons. The Morgan fingerprint density at radius 3 is 2.62 bits per heavy atom. The van der Waals surface area contributed by atoms with Gasteiger partial charge in [-0.05, 0) is 25.0 Å². The summed E-state index contributed by atoms with van der Waals surface area (Å²) in [4.78, 5) is 8.77. The van der Waals surface area contributed by atoms with Crippen LogP contribution in [0, 0.1) is 5.82 Å². The number of rotatable bonds is 8. The first-order valence-corrected chi connectivity index (χ1v) is 8.56. The number of hydrogen-bond acceptors (Lipinski definition) is 3. The van der Waals surface area contributed by atoms with E-state index < -0.39 is 0 Å². The Morgan fingerprint density at radius 1 is 1.15 bits per heavy atom. The SMILES string of the molecule is CCCOc1ccc(CN=C(NCC)NCc2ccccc2F)cn1.I. The van der Waals surface area contributed by atoms with Crippen LogP contribution < -0.4 is 15.4 Å². The number of pyridine rings is 1. The van der Waals surface area contributed by atoms with Crippen LogP contribution in [0.1, 0.15) is 31.4 Å². The molecule has 0 saturated carbocycles. The van der Waals surface area contributed by atoms with E-state index in [1.165, 1.54) is 6.07 Å². The Bertz CT molecular complexity index is 679. The first kappa shape index (κ1) is 22.1. The summed E-state index contributed by atoms with van der Waals surface area (Å²) >= 11 is 0. The zero-order valence-electron chi connectivity index (χ0n) is 15.2. The summed E-state index contributed by atoms with van der Waals surface area (Å²) in [6.45, 7) is 6.29. The summed E-state index contributed by atoms with van der Waals surface area (Å²) in [6.07, 6.45) is 2.71. The highest BCUT2D eigenvalue weighted by Crippen LogP contribution is 2.09. The zero-order valence-corrected chi connectivity index (χ0v) is 17.5. The summed E-state index contributed by atoms with van der Waals surface area (Å²) in [7, 11) is 0. The molecule has 26 heavy (non-hydrogen) atoms. The first-order chi connectivity index (χ1) is 12.2. The van der Waals surface area contributed by atoms with Crippen molar-refractivity contribution in [1.29, 1.82) is 0 Å². The van der Waals surface area contributed by atoms with E-state index in [4.69, 9.17) is 4.74 Å². The van der Waals surface area contributed by atoms with Gasteiger partial charge < -0.3 is 15.4 Å². The Labute approximate surface area is 171 Å². The fourth-order valence-electron chi connectivity index (χ4n) is 2.13. The van der Waals surface area contributed by atoms with Gasteiger partial charge in [0.15, 0.2) is 5.96 Å². The number of aliphatic imine (C=N–C) groups is 1. The molecule has 7 heteroatoms. The molecule has 1 aromatic carbocycles. The van der Waals surface area contributed by atoms with Crippen LogP contribution in [0.2, 0.25) is 0 Å². The summed E-state index contributed by atoms with van der Waals surface area (Å²) in [5.41, 5.74) is 1.58. The predicted octanol–water partition coefficient (Wildman–Crippen LogP) is 3.88. The number of hydrogen-bond donors (Lipinski definition) is 2. The predicted molar refractivity (Wildman–Crippen MR) is 113 cm³/mol. The molecule has 5 nitrogen and oxygen atoms in total. The van der Waals surface area contributed by atoms with Crippen molar-refractivity contribution in [2.24, 2.45) is 4.99 Å². The fraction of sp³-hybridized carbons (Fsp3) is 0.368. The number of nitrogens with one attached hydrogen (secondary N) is 2. The number of aromatic nitrogens is 1. The van der Waals surface area contributed by atoms with Gasteiger partial charge in [0.1, 0.15) is 5.82 Å². The molecule has 0 unspecified atom stereocenters. The van der Waals surface area contributed by atoms with Gasteiger partial charge in [0.25, 0.3) is 0 Å². The lowest BCUT2D eigenvalue weighted by Crippen LogP contribution is -2.37. The minimum absolute atomic E-state index is 0. The molecular formula is C19H26FIN4O. The van der Waals surface area contributed by atoms with Crippen LogP contribution >= 0.6 is 24.0 Å². The number of guanidine groups is 1. The molecule has 1 heterocycles. The third-order valence-electron chi connectivity index (χ3n) is 3.42. The zero-order chi connectivity index (χ0) is 17.9. The lowest BCUT2D eigenvalue weighted by atomic mass is 10.2. The summed E-state index contributed by atoms with van der Waals surface area (Å²) < 4.78 is 19.1. The van der Waals surface area contributed by atoms with Gasteiger partial charge in [-0.1, -0.05) is 31.2 Å². The lowest BCUT2D eigenvalue weighted by Gasteiger charge is -2.12. The molecule has 0 fully saturated rings. The van der Waals surface area contributed by atoms with Gasteiger partial charge >= 0.3 is 0 Å². The highest BCUT2D eigenvalue weighted by atomic mass is 127. The van der Waals surface area contributed by atoms with Gasteiger partial charge in [0, 0.05) is 30.9 Å². The van der Waals surface area contributed by atoms with Crippen molar-refractivity contribution in [3.8, 4) is 5.88 Å². The Morgan fingerprint density at radius 2 is 1.96 bits per heavy atom. The molecule has 0 spiro atoms. The quantitative estimate of drug-likeness (QED) is 0.348. The van der Waals surface area contributed by atoms with Crippen LogP contribution in [0.15, 0.2) is 47.6 Å². The third-order valence-corrected chi connectivity index (χ3v) is 3.42. The number of nitrogens with zero attached hydrogens (tertiary/aromatic N) is 2. The van der Waals surface area contributed by atoms with E-state index in [1.807, 2.05) is 25.1 Å². The molecule has 0 aliphatic carbocycles. The van der Waals surface area contributed by atoms with Gasteiger partial charge in [-0.3, -0.25) is 0 Å². The van der Waals surface area contributed by atoms with Crippen LogP contribution in [-0.4, -0.2) is 24.1 Å². The number of halogens is 2. The maximum atomic E-state index is 13.7. The van der Waals surface area contributed by atoms with Crippen molar-refractivity contribution in [2.45, 2.75) is 33.4 Å². The van der Waals surface area contributed by atoms with Crippen molar-refractivity contribution in [3.05, 3.63) is 59.5 Å². The van der Waals surface area contributed by atoms with Gasteiger partial charge in [-0.25, -0.2) is 14.4 Å². The Balaban J connectivity index is 0.00000338. The van der Waals surface area contributed by atoms with Crippen molar-refractivity contribution in [2.75, 3.05) is 13.2 Å². The lowest BCUT2D eigenvalue weighted by molar-refractivity contribution is 0.305. The molecule has 2 N–H and O–H groups in total. The molecule has 142 valence electrons. The summed E-state index contributed by atoms with van der Waals surface area (Å²) in [6, 6.07) is 10.5. The molecule has 1 aromatic heterocycles. The van der Waals surface area contributed by atoms with E-state index in [0.29, 0.717) is 37.1 Å². The van der Waals surface area contributed by atoms with E-state index in [0.717, 1.165) is 18.5 Å². The Hall–Kier alpha value is -1.90. The van der Waals surface area contributed by atoms with Gasteiger partial charge in [-0.15, -0.1) is 24.0 Å². The maximum Gasteiger partial charge on any atom is 0.213 e. The maximum absolute atomic E-state index is 13.7. The monoisotopic (exact) mass is 472 g/mol. The molecule has 0 bridgehead atoms. The topological polar surface area (TPSA) is 58.5 Å². The minimum Gasteiger partial charge on any atom is -0.478 e. The smallest absolute Gasteiger partial charge is 0.213 e. The molecule has 0 aliphatic rings. The first-order valence-electron chi connectivity index (χ1n) is 8.56. The van der Waals surface area contributed by atoms with Crippen LogP contribution in [-0.2, 0) is 13.1 Å². The van der Waals surface area contributed by atoms with Crippen LogP contribution in [0.5, 0.6) is 5.88 Å². The molecule has 2 aromatic rings.